The highest BCUT2D eigenvalue weighted by Gasteiger charge is 2.27. The van der Waals surface area contributed by atoms with E-state index in [4.69, 9.17) is 18.5 Å². The number of carbonyl (C=O) groups is 2. The lowest BCUT2D eigenvalue weighted by atomic mass is 10.0. The van der Waals surface area contributed by atoms with E-state index in [0.29, 0.717) is 17.4 Å². The lowest BCUT2D eigenvalue weighted by Crippen LogP contribution is -2.37. The van der Waals surface area contributed by atoms with Gasteiger partial charge < -0.3 is 18.9 Å². The molecule has 0 bridgehead atoms. The molecule has 0 heterocycles. The molecule has 0 saturated heterocycles. The Morgan fingerprint density at radius 3 is 1.70 bits per heavy atom. The van der Waals surface area contributed by atoms with Crippen LogP contribution in [0.4, 0.5) is 0 Å². The second-order valence-electron chi connectivity index (χ2n) is 13.9. The third-order valence-electron chi connectivity index (χ3n) is 7.87. The number of quaternary nitrogens is 1. The maximum Gasteiger partial charge on any atom is 0.472 e. The molecule has 0 amide bonds. The number of hydrogen-bond acceptors (Lipinski definition) is 7. The zero-order valence-electron chi connectivity index (χ0n) is 32.4. The summed E-state index contributed by atoms with van der Waals surface area (Å²) in [6.45, 7) is 4.10. The number of allylic oxidation sites excluding steroid dienone is 8. The summed E-state index contributed by atoms with van der Waals surface area (Å²) in [7, 11) is 1.46. The van der Waals surface area contributed by atoms with Gasteiger partial charge in [0.05, 0.1) is 27.7 Å². The number of esters is 2. The predicted octanol–water partition coefficient (Wildman–Crippen LogP) is 10.3. The van der Waals surface area contributed by atoms with Crippen molar-refractivity contribution in [3.63, 3.8) is 0 Å². The van der Waals surface area contributed by atoms with Crippen LogP contribution in [-0.4, -0.2) is 74.9 Å². The number of likely N-dealkylation sites (N-methyl/N-ethyl adjacent to an activating group) is 1. The van der Waals surface area contributed by atoms with Gasteiger partial charge in [-0.15, -0.1) is 0 Å². The fourth-order valence-electron chi connectivity index (χ4n) is 4.83. The Morgan fingerprint density at radius 1 is 0.640 bits per heavy atom. The van der Waals surface area contributed by atoms with E-state index in [2.05, 4.69) is 55.5 Å². The number of hydrogen-bond donors (Lipinski definition) is 1. The second-order valence-corrected chi connectivity index (χ2v) is 15.4. The minimum Gasteiger partial charge on any atom is -0.462 e. The first kappa shape index (κ1) is 48.0. The molecule has 50 heavy (non-hydrogen) atoms. The monoisotopic (exact) mass is 727 g/mol. The van der Waals surface area contributed by atoms with Crippen molar-refractivity contribution < 1.29 is 42.1 Å². The summed E-state index contributed by atoms with van der Waals surface area (Å²) in [5, 5.41) is 0. The van der Waals surface area contributed by atoms with Crippen molar-refractivity contribution >= 4 is 19.8 Å². The average molecular weight is 727 g/mol. The molecule has 1 N–H and O–H groups in total. The average Bonchev–Trinajstić information content (AvgIpc) is 3.05. The quantitative estimate of drug-likeness (QED) is 0.0230. The van der Waals surface area contributed by atoms with Crippen LogP contribution in [0.15, 0.2) is 48.6 Å². The number of phosphoric acid groups is 1. The Labute approximate surface area is 305 Å². The van der Waals surface area contributed by atoms with E-state index in [1.165, 1.54) is 38.5 Å². The molecular formula is C40H73NO8P+. The van der Waals surface area contributed by atoms with E-state index in [1.807, 2.05) is 28.1 Å². The number of ether oxygens (including phenoxy) is 2. The zero-order valence-corrected chi connectivity index (χ0v) is 33.3. The van der Waals surface area contributed by atoms with E-state index in [1.54, 1.807) is 0 Å². The predicted molar refractivity (Wildman–Crippen MR) is 206 cm³/mol. The van der Waals surface area contributed by atoms with Gasteiger partial charge in [0.1, 0.15) is 19.8 Å². The van der Waals surface area contributed by atoms with E-state index >= 15 is 0 Å². The molecule has 0 aromatic rings. The van der Waals surface area contributed by atoms with Crippen molar-refractivity contribution in [1.29, 1.82) is 0 Å². The number of carbonyl (C=O) groups excluding carboxylic acids is 2. The standard InChI is InChI=1S/C40H72NO8P/c1-6-8-10-11-12-13-14-15-16-17-18-19-20-21-22-23-24-25-26-27-28-29-31-33-40(43)49-38(36-46-39(42)32-30-9-7-2)37-48-50(44,45)47-35-34-41(3,4)5/h8,10,12-13,15-16,18-19,38H,6-7,9,11,14,17,20-37H2,1-5H3/p+1/b10-8-,13-12-,16-15-,19-18-. The van der Waals surface area contributed by atoms with Crippen LogP contribution in [0.1, 0.15) is 142 Å². The topological polar surface area (TPSA) is 108 Å². The van der Waals surface area contributed by atoms with Gasteiger partial charge in [-0.1, -0.05) is 127 Å². The largest absolute Gasteiger partial charge is 0.472 e. The van der Waals surface area contributed by atoms with Gasteiger partial charge >= 0.3 is 19.8 Å². The van der Waals surface area contributed by atoms with Gasteiger partial charge in [-0.2, -0.15) is 0 Å². The van der Waals surface area contributed by atoms with Gasteiger partial charge in [0.2, 0.25) is 0 Å². The summed E-state index contributed by atoms with van der Waals surface area (Å²) >= 11 is 0. The molecule has 2 atom stereocenters. The van der Waals surface area contributed by atoms with E-state index < -0.39 is 32.5 Å². The van der Waals surface area contributed by atoms with Crippen molar-refractivity contribution in [2.45, 2.75) is 148 Å². The van der Waals surface area contributed by atoms with Crippen LogP contribution in [-0.2, 0) is 32.7 Å². The Bertz CT molecular complexity index is 1000. The number of unbranched alkanes of at least 4 members (excludes halogenated alkanes) is 12. The Kier molecular flexibility index (Phi) is 31.5. The van der Waals surface area contributed by atoms with Gasteiger partial charge in [0.25, 0.3) is 0 Å². The van der Waals surface area contributed by atoms with E-state index in [-0.39, 0.29) is 26.1 Å². The number of nitrogens with zero attached hydrogens (tertiary/aromatic N) is 1. The second kappa shape index (κ2) is 32.8. The minimum atomic E-state index is -4.35. The molecule has 10 heteroatoms. The lowest BCUT2D eigenvalue weighted by Gasteiger charge is -2.24. The zero-order chi connectivity index (χ0) is 37.2. The normalized spacial score (nSPS) is 14.3. The first-order chi connectivity index (χ1) is 24.0. The van der Waals surface area contributed by atoms with Gasteiger partial charge in [0, 0.05) is 12.8 Å². The van der Waals surface area contributed by atoms with Gasteiger partial charge in [-0.05, 0) is 51.4 Å². The fraction of sp³-hybridized carbons (Fsp3) is 0.750. The number of rotatable bonds is 34. The lowest BCUT2D eigenvalue weighted by molar-refractivity contribution is -0.870. The van der Waals surface area contributed by atoms with Crippen LogP contribution in [0.5, 0.6) is 0 Å². The minimum absolute atomic E-state index is 0.0292. The van der Waals surface area contributed by atoms with Crippen molar-refractivity contribution in [2.75, 3.05) is 47.5 Å². The molecule has 0 aromatic carbocycles. The van der Waals surface area contributed by atoms with Gasteiger partial charge in [0.15, 0.2) is 6.10 Å². The molecule has 0 aromatic heterocycles. The molecule has 0 saturated carbocycles. The first-order valence-electron chi connectivity index (χ1n) is 19.4. The van der Waals surface area contributed by atoms with Crippen LogP contribution < -0.4 is 0 Å². The Balaban J connectivity index is 4.09. The number of phosphoric ester groups is 1. The van der Waals surface area contributed by atoms with Crippen LogP contribution >= 0.6 is 7.82 Å². The van der Waals surface area contributed by atoms with E-state index in [0.717, 1.165) is 70.6 Å². The van der Waals surface area contributed by atoms with Gasteiger partial charge in [-0.3, -0.25) is 18.6 Å². The highest BCUT2D eigenvalue weighted by Crippen LogP contribution is 2.43. The maximum atomic E-state index is 12.5. The first-order valence-corrected chi connectivity index (χ1v) is 20.9. The molecule has 0 rings (SSSR count). The van der Waals surface area contributed by atoms with Crippen LogP contribution in [0, 0.1) is 0 Å². The molecule has 0 aliphatic heterocycles. The molecule has 0 aliphatic rings. The third-order valence-corrected chi connectivity index (χ3v) is 8.86. The molecule has 0 aliphatic carbocycles. The van der Waals surface area contributed by atoms with Crippen molar-refractivity contribution in [1.82, 2.24) is 0 Å². The summed E-state index contributed by atoms with van der Waals surface area (Å²) in [5.74, 6) is -0.836. The fourth-order valence-corrected chi connectivity index (χ4v) is 5.57. The van der Waals surface area contributed by atoms with Crippen LogP contribution in [0.2, 0.25) is 0 Å². The molecule has 0 fully saturated rings. The summed E-state index contributed by atoms with van der Waals surface area (Å²) in [6, 6.07) is 0. The highest BCUT2D eigenvalue weighted by atomic mass is 31.2. The molecular weight excluding hydrogens is 653 g/mol. The van der Waals surface area contributed by atoms with Gasteiger partial charge in [-0.25, -0.2) is 4.57 Å². The third kappa shape index (κ3) is 35.8. The van der Waals surface area contributed by atoms with Crippen molar-refractivity contribution in [3.8, 4) is 0 Å². The molecule has 290 valence electrons. The van der Waals surface area contributed by atoms with E-state index in [9.17, 15) is 19.0 Å². The summed E-state index contributed by atoms with van der Waals surface area (Å²) in [4.78, 5) is 34.7. The smallest absolute Gasteiger partial charge is 0.462 e. The molecule has 9 nitrogen and oxygen atoms in total. The summed E-state index contributed by atoms with van der Waals surface area (Å²) in [6.07, 6.45) is 36.7. The Hall–Kier alpha value is -2.03. The molecule has 0 spiro atoms. The van der Waals surface area contributed by atoms with Crippen LogP contribution in [0.3, 0.4) is 0 Å². The van der Waals surface area contributed by atoms with Crippen LogP contribution in [0.25, 0.3) is 0 Å². The molecule has 0 radical (unpaired) electrons. The Morgan fingerprint density at radius 2 is 1.14 bits per heavy atom. The maximum absolute atomic E-state index is 12.5. The summed E-state index contributed by atoms with van der Waals surface area (Å²) in [5.41, 5.74) is 0. The summed E-state index contributed by atoms with van der Waals surface area (Å²) < 4.78 is 33.8. The highest BCUT2D eigenvalue weighted by molar-refractivity contribution is 7.47. The molecule has 2 unspecified atom stereocenters. The van der Waals surface area contributed by atoms with Crippen molar-refractivity contribution in [2.24, 2.45) is 0 Å². The SMILES string of the molecule is CC/C=C\C/C=C\C/C=C\C/C=C\CCCCCCCCCCCCC(=O)OC(COC(=O)CCCCC)COP(=O)(O)OCC[N+](C)(C)C. The van der Waals surface area contributed by atoms with Crippen molar-refractivity contribution in [3.05, 3.63) is 48.6 Å².